The Kier molecular flexibility index (Phi) is 5.24. The van der Waals surface area contributed by atoms with Gasteiger partial charge in [-0.25, -0.2) is 4.98 Å². The second kappa shape index (κ2) is 6.93. The van der Waals surface area contributed by atoms with E-state index in [1.54, 1.807) is 0 Å². The maximum absolute atomic E-state index is 10.6. The highest BCUT2D eigenvalue weighted by Gasteiger charge is 2.31. The summed E-state index contributed by atoms with van der Waals surface area (Å²) in [6.45, 7) is 5.91. The molecule has 112 valence electrons. The van der Waals surface area contributed by atoms with Crippen LogP contribution in [0.25, 0.3) is 0 Å². The summed E-state index contributed by atoms with van der Waals surface area (Å²) in [6.07, 6.45) is 5.08. The third-order valence-electron chi connectivity index (χ3n) is 4.11. The maximum Gasteiger partial charge on any atom is 0.128 e. The second-order valence-corrected chi connectivity index (χ2v) is 6.10. The molecule has 4 heteroatoms. The third kappa shape index (κ3) is 4.37. The van der Waals surface area contributed by atoms with E-state index in [-0.39, 0.29) is 0 Å². The van der Waals surface area contributed by atoms with E-state index in [2.05, 4.69) is 29.5 Å². The van der Waals surface area contributed by atoms with E-state index in [0.29, 0.717) is 6.54 Å². The minimum Gasteiger partial charge on any atom is -0.388 e. The fourth-order valence-electron chi connectivity index (χ4n) is 2.62. The molecule has 0 atom stereocenters. The van der Waals surface area contributed by atoms with Gasteiger partial charge < -0.3 is 15.7 Å². The molecule has 1 heterocycles. The normalized spacial score (nSPS) is 26.2. The summed E-state index contributed by atoms with van der Waals surface area (Å²) in [7, 11) is 0. The van der Waals surface area contributed by atoms with Gasteiger partial charge in [0, 0.05) is 13.1 Å². The number of rotatable bonds is 6. The van der Waals surface area contributed by atoms with Crippen molar-refractivity contribution in [2.45, 2.75) is 51.6 Å². The largest absolute Gasteiger partial charge is 0.388 e. The zero-order chi connectivity index (χ0) is 14.4. The van der Waals surface area contributed by atoms with Gasteiger partial charge in [0.1, 0.15) is 11.6 Å². The van der Waals surface area contributed by atoms with E-state index in [9.17, 15) is 5.11 Å². The van der Waals surface area contributed by atoms with Crippen molar-refractivity contribution >= 4 is 11.6 Å². The Morgan fingerprint density at radius 1 is 1.25 bits per heavy atom. The Morgan fingerprint density at radius 2 is 1.90 bits per heavy atom. The van der Waals surface area contributed by atoms with Crippen molar-refractivity contribution in [2.24, 2.45) is 5.92 Å². The molecule has 0 saturated heterocycles. The first-order valence-electron chi connectivity index (χ1n) is 7.78. The van der Waals surface area contributed by atoms with E-state index in [0.717, 1.165) is 56.2 Å². The number of hydrogen-bond acceptors (Lipinski definition) is 4. The lowest BCUT2D eigenvalue weighted by atomic mass is 9.79. The van der Waals surface area contributed by atoms with E-state index in [4.69, 9.17) is 0 Å². The SMILES string of the molecule is CCCNc1cccc(NCC2(O)CCC(C)CC2)n1. The van der Waals surface area contributed by atoms with Crippen LogP contribution >= 0.6 is 0 Å². The first-order chi connectivity index (χ1) is 9.61. The molecular formula is C16H27N3O. The minimum atomic E-state index is -0.568. The zero-order valence-corrected chi connectivity index (χ0v) is 12.7. The highest BCUT2D eigenvalue weighted by molar-refractivity contribution is 5.45. The summed E-state index contributed by atoms with van der Waals surface area (Å²) in [4.78, 5) is 4.51. The monoisotopic (exact) mass is 277 g/mol. The fraction of sp³-hybridized carbons (Fsp3) is 0.688. The lowest BCUT2D eigenvalue weighted by Gasteiger charge is -2.35. The number of pyridine rings is 1. The molecule has 1 aliphatic carbocycles. The van der Waals surface area contributed by atoms with E-state index in [1.165, 1.54) is 0 Å². The molecule has 0 spiro atoms. The average molecular weight is 277 g/mol. The molecular weight excluding hydrogens is 250 g/mol. The Balaban J connectivity index is 1.87. The molecule has 4 nitrogen and oxygen atoms in total. The molecule has 0 aromatic carbocycles. The van der Waals surface area contributed by atoms with Crippen LogP contribution in [0.3, 0.4) is 0 Å². The first-order valence-corrected chi connectivity index (χ1v) is 7.78. The summed E-state index contributed by atoms with van der Waals surface area (Å²) in [6, 6.07) is 5.91. The van der Waals surface area contributed by atoms with Crippen molar-refractivity contribution < 1.29 is 5.11 Å². The van der Waals surface area contributed by atoms with Crippen LogP contribution < -0.4 is 10.6 Å². The van der Waals surface area contributed by atoms with Gasteiger partial charge in [-0.05, 0) is 50.2 Å². The summed E-state index contributed by atoms with van der Waals surface area (Å²) >= 11 is 0. The predicted octanol–water partition coefficient (Wildman–Crippen LogP) is 3.26. The number of aliphatic hydroxyl groups is 1. The van der Waals surface area contributed by atoms with Gasteiger partial charge in [-0.15, -0.1) is 0 Å². The smallest absolute Gasteiger partial charge is 0.128 e. The Bertz CT molecular complexity index is 414. The summed E-state index contributed by atoms with van der Waals surface area (Å²) in [5, 5.41) is 17.1. The second-order valence-electron chi connectivity index (χ2n) is 6.10. The van der Waals surface area contributed by atoms with Gasteiger partial charge in [0.2, 0.25) is 0 Å². The standard InChI is InChI=1S/C16H27N3O/c1-3-11-17-14-5-4-6-15(19-14)18-12-16(20)9-7-13(2)8-10-16/h4-6,13,20H,3,7-12H2,1-2H3,(H2,17,18,19). The summed E-state index contributed by atoms with van der Waals surface area (Å²) in [5.74, 6) is 2.47. The Morgan fingerprint density at radius 3 is 2.55 bits per heavy atom. The van der Waals surface area contributed by atoms with Crippen LogP contribution in [0, 0.1) is 5.92 Å². The number of anilines is 2. The van der Waals surface area contributed by atoms with E-state index in [1.807, 2.05) is 18.2 Å². The minimum absolute atomic E-state index is 0.568. The van der Waals surface area contributed by atoms with E-state index >= 15 is 0 Å². The van der Waals surface area contributed by atoms with Gasteiger partial charge in [0.15, 0.2) is 0 Å². The number of hydrogen-bond donors (Lipinski definition) is 3. The molecule has 1 aliphatic rings. The fourth-order valence-corrected chi connectivity index (χ4v) is 2.62. The molecule has 0 radical (unpaired) electrons. The topological polar surface area (TPSA) is 57.2 Å². The molecule has 20 heavy (non-hydrogen) atoms. The zero-order valence-electron chi connectivity index (χ0n) is 12.7. The summed E-state index contributed by atoms with van der Waals surface area (Å²) < 4.78 is 0. The number of nitrogens with one attached hydrogen (secondary N) is 2. The lowest BCUT2D eigenvalue weighted by Crippen LogP contribution is -2.40. The molecule has 1 fully saturated rings. The number of aromatic nitrogens is 1. The van der Waals surface area contributed by atoms with Gasteiger partial charge in [-0.1, -0.05) is 19.9 Å². The molecule has 3 N–H and O–H groups in total. The average Bonchev–Trinajstić information content (AvgIpc) is 2.47. The maximum atomic E-state index is 10.6. The Labute approximate surface area is 122 Å². The molecule has 0 aliphatic heterocycles. The predicted molar refractivity (Wildman–Crippen MR) is 84.1 cm³/mol. The van der Waals surface area contributed by atoms with Crippen molar-refractivity contribution in [3.05, 3.63) is 18.2 Å². The van der Waals surface area contributed by atoms with Crippen LogP contribution in [0.5, 0.6) is 0 Å². The van der Waals surface area contributed by atoms with Crippen molar-refractivity contribution in [1.82, 2.24) is 4.98 Å². The summed E-state index contributed by atoms with van der Waals surface area (Å²) in [5.41, 5.74) is -0.568. The van der Waals surface area contributed by atoms with Crippen molar-refractivity contribution in [3.8, 4) is 0 Å². The highest BCUT2D eigenvalue weighted by atomic mass is 16.3. The van der Waals surface area contributed by atoms with Crippen LogP contribution in [0.4, 0.5) is 11.6 Å². The third-order valence-corrected chi connectivity index (χ3v) is 4.11. The lowest BCUT2D eigenvalue weighted by molar-refractivity contribution is 0.00495. The van der Waals surface area contributed by atoms with Crippen molar-refractivity contribution in [2.75, 3.05) is 23.7 Å². The molecule has 2 rings (SSSR count). The molecule has 0 bridgehead atoms. The molecule has 0 amide bonds. The van der Waals surface area contributed by atoms with Gasteiger partial charge in [-0.3, -0.25) is 0 Å². The first kappa shape index (κ1) is 15.1. The van der Waals surface area contributed by atoms with Gasteiger partial charge in [0.05, 0.1) is 5.60 Å². The van der Waals surface area contributed by atoms with Gasteiger partial charge >= 0.3 is 0 Å². The highest BCUT2D eigenvalue weighted by Crippen LogP contribution is 2.31. The quantitative estimate of drug-likeness (QED) is 0.747. The Hall–Kier alpha value is -1.29. The van der Waals surface area contributed by atoms with Crippen LogP contribution in [-0.4, -0.2) is 28.8 Å². The molecule has 1 aromatic heterocycles. The van der Waals surface area contributed by atoms with Gasteiger partial charge in [-0.2, -0.15) is 0 Å². The van der Waals surface area contributed by atoms with E-state index < -0.39 is 5.60 Å². The van der Waals surface area contributed by atoms with Crippen LogP contribution in [0.2, 0.25) is 0 Å². The van der Waals surface area contributed by atoms with Crippen molar-refractivity contribution in [3.63, 3.8) is 0 Å². The van der Waals surface area contributed by atoms with Gasteiger partial charge in [0.25, 0.3) is 0 Å². The molecule has 0 unspecified atom stereocenters. The molecule has 1 aromatic rings. The van der Waals surface area contributed by atoms with Crippen LogP contribution in [-0.2, 0) is 0 Å². The molecule has 1 saturated carbocycles. The van der Waals surface area contributed by atoms with Crippen LogP contribution in [0.1, 0.15) is 46.0 Å². The number of nitrogens with zero attached hydrogens (tertiary/aromatic N) is 1. The van der Waals surface area contributed by atoms with Crippen molar-refractivity contribution in [1.29, 1.82) is 0 Å². The van der Waals surface area contributed by atoms with Crippen LogP contribution in [0.15, 0.2) is 18.2 Å².